The van der Waals surface area contributed by atoms with Gasteiger partial charge in [-0.25, -0.2) is 0 Å². The van der Waals surface area contributed by atoms with Crippen LogP contribution in [0.1, 0.15) is 37.8 Å². The first-order chi connectivity index (χ1) is 9.19. The number of nitrogens with zero attached hydrogens (tertiary/aromatic N) is 1. The predicted molar refractivity (Wildman–Crippen MR) is 84.7 cm³/mol. The van der Waals surface area contributed by atoms with Gasteiger partial charge >= 0.3 is 0 Å². The van der Waals surface area contributed by atoms with Gasteiger partial charge in [0.1, 0.15) is 0 Å². The van der Waals surface area contributed by atoms with Crippen molar-refractivity contribution in [2.45, 2.75) is 32.2 Å². The third kappa shape index (κ3) is 2.55. The first kappa shape index (κ1) is 13.4. The largest absolute Gasteiger partial charge is 0.371 e. The molecule has 1 heterocycles. The van der Waals surface area contributed by atoms with Crippen LogP contribution in [0.15, 0.2) is 22.7 Å². The highest BCUT2D eigenvalue weighted by molar-refractivity contribution is 9.10. The average Bonchev–Trinajstić information content (AvgIpc) is 2.98. The highest BCUT2D eigenvalue weighted by Crippen LogP contribution is 2.40. The summed E-state index contributed by atoms with van der Waals surface area (Å²) in [5.74, 6) is 1.91. The molecule has 2 aliphatic rings. The van der Waals surface area contributed by atoms with E-state index in [9.17, 15) is 0 Å². The van der Waals surface area contributed by atoms with E-state index in [1.807, 2.05) is 7.05 Å². The van der Waals surface area contributed by atoms with Crippen molar-refractivity contribution >= 4 is 21.6 Å². The lowest BCUT2D eigenvalue weighted by molar-refractivity contribution is 0.494. The smallest absolute Gasteiger partial charge is 0.0377 e. The summed E-state index contributed by atoms with van der Waals surface area (Å²) in [4.78, 5) is 2.58. The molecule has 0 bridgehead atoms. The highest BCUT2D eigenvalue weighted by Gasteiger charge is 2.36. The fourth-order valence-corrected chi connectivity index (χ4v) is 4.38. The third-order valence-corrected chi connectivity index (χ3v) is 5.66. The molecule has 0 amide bonds. The van der Waals surface area contributed by atoms with E-state index in [-0.39, 0.29) is 0 Å². The zero-order valence-corrected chi connectivity index (χ0v) is 13.4. The Morgan fingerprint density at radius 3 is 2.53 bits per heavy atom. The normalized spacial score (nSPS) is 27.6. The number of hydrogen-bond acceptors (Lipinski definition) is 2. The third-order valence-electron chi connectivity index (χ3n) is 4.97. The molecule has 0 aromatic heterocycles. The van der Waals surface area contributed by atoms with Gasteiger partial charge in [-0.05, 0) is 56.3 Å². The lowest BCUT2D eigenvalue weighted by Gasteiger charge is -2.22. The Morgan fingerprint density at radius 1 is 1.26 bits per heavy atom. The summed E-state index contributed by atoms with van der Waals surface area (Å²) >= 11 is 3.73. The second kappa shape index (κ2) is 5.45. The minimum absolute atomic E-state index is 0.390. The molecule has 1 aromatic carbocycles. The maximum atomic E-state index is 3.73. The van der Waals surface area contributed by atoms with E-state index in [1.165, 1.54) is 48.1 Å². The lowest BCUT2D eigenvalue weighted by atomic mass is 10.0. The van der Waals surface area contributed by atoms with Gasteiger partial charge < -0.3 is 10.2 Å². The van der Waals surface area contributed by atoms with Crippen molar-refractivity contribution in [3.8, 4) is 0 Å². The molecule has 1 saturated heterocycles. The Labute approximate surface area is 124 Å². The Balaban J connectivity index is 1.77. The number of nitrogens with one attached hydrogen (secondary N) is 1. The quantitative estimate of drug-likeness (QED) is 0.905. The molecule has 1 aromatic rings. The molecule has 2 nitrogen and oxygen atoms in total. The SMILES string of the molecule is CNC(C)c1ccc(N2CC3CCCC3C2)cc1Br. The summed E-state index contributed by atoms with van der Waals surface area (Å²) in [6, 6.07) is 7.23. The molecule has 104 valence electrons. The highest BCUT2D eigenvalue weighted by atomic mass is 79.9. The van der Waals surface area contributed by atoms with Gasteiger partial charge in [0.15, 0.2) is 0 Å². The van der Waals surface area contributed by atoms with Gasteiger partial charge in [-0.2, -0.15) is 0 Å². The molecular weight excluding hydrogens is 300 g/mol. The Kier molecular flexibility index (Phi) is 3.86. The minimum Gasteiger partial charge on any atom is -0.371 e. The van der Waals surface area contributed by atoms with Crippen LogP contribution in [0, 0.1) is 11.8 Å². The van der Waals surface area contributed by atoms with Crippen LogP contribution in [-0.4, -0.2) is 20.1 Å². The van der Waals surface area contributed by atoms with Gasteiger partial charge in [-0.15, -0.1) is 0 Å². The summed E-state index contributed by atoms with van der Waals surface area (Å²) in [5, 5.41) is 3.30. The van der Waals surface area contributed by atoms with E-state index in [1.54, 1.807) is 0 Å². The van der Waals surface area contributed by atoms with E-state index in [0.29, 0.717) is 6.04 Å². The van der Waals surface area contributed by atoms with Crippen LogP contribution in [0.25, 0.3) is 0 Å². The molecule has 1 N–H and O–H groups in total. The minimum atomic E-state index is 0.390. The topological polar surface area (TPSA) is 15.3 Å². The van der Waals surface area contributed by atoms with E-state index < -0.39 is 0 Å². The number of fused-ring (bicyclic) bond motifs is 1. The van der Waals surface area contributed by atoms with Crippen molar-refractivity contribution in [1.82, 2.24) is 5.32 Å². The van der Waals surface area contributed by atoms with Crippen molar-refractivity contribution in [2.24, 2.45) is 11.8 Å². The number of anilines is 1. The van der Waals surface area contributed by atoms with Crippen LogP contribution in [0.5, 0.6) is 0 Å². The van der Waals surface area contributed by atoms with Crippen molar-refractivity contribution in [1.29, 1.82) is 0 Å². The van der Waals surface area contributed by atoms with Crippen LogP contribution >= 0.6 is 15.9 Å². The second-order valence-electron chi connectivity index (χ2n) is 6.07. The van der Waals surface area contributed by atoms with Gasteiger partial charge in [-0.1, -0.05) is 28.4 Å². The maximum Gasteiger partial charge on any atom is 0.0377 e. The zero-order chi connectivity index (χ0) is 13.4. The number of rotatable bonds is 3. The Morgan fingerprint density at radius 2 is 1.95 bits per heavy atom. The van der Waals surface area contributed by atoms with Gasteiger partial charge in [0, 0.05) is 29.3 Å². The predicted octanol–water partition coefficient (Wildman–Crippen LogP) is 3.97. The van der Waals surface area contributed by atoms with Crippen LogP contribution in [-0.2, 0) is 0 Å². The van der Waals surface area contributed by atoms with E-state index in [4.69, 9.17) is 0 Å². The lowest BCUT2D eigenvalue weighted by Crippen LogP contribution is -2.21. The molecule has 1 aliphatic heterocycles. The van der Waals surface area contributed by atoms with Gasteiger partial charge in [-0.3, -0.25) is 0 Å². The molecule has 3 unspecified atom stereocenters. The van der Waals surface area contributed by atoms with Crippen LogP contribution in [0.2, 0.25) is 0 Å². The molecule has 19 heavy (non-hydrogen) atoms. The summed E-state index contributed by atoms with van der Waals surface area (Å²) in [6.45, 7) is 4.72. The summed E-state index contributed by atoms with van der Waals surface area (Å²) in [6.07, 6.45) is 4.33. The molecule has 0 spiro atoms. The summed E-state index contributed by atoms with van der Waals surface area (Å²) < 4.78 is 1.23. The van der Waals surface area contributed by atoms with Gasteiger partial charge in [0.05, 0.1) is 0 Å². The molecule has 3 atom stereocenters. The first-order valence-electron chi connectivity index (χ1n) is 7.40. The van der Waals surface area contributed by atoms with Crippen molar-refractivity contribution < 1.29 is 0 Å². The molecule has 2 fully saturated rings. The van der Waals surface area contributed by atoms with Gasteiger partial charge in [0.25, 0.3) is 0 Å². The van der Waals surface area contributed by atoms with Crippen molar-refractivity contribution in [2.75, 3.05) is 25.0 Å². The number of benzene rings is 1. The van der Waals surface area contributed by atoms with Crippen LogP contribution < -0.4 is 10.2 Å². The molecule has 3 heteroatoms. The fraction of sp³-hybridized carbons (Fsp3) is 0.625. The molecular formula is C16H23BrN2. The Hall–Kier alpha value is -0.540. The molecule has 0 radical (unpaired) electrons. The van der Waals surface area contributed by atoms with Crippen molar-refractivity contribution in [3.63, 3.8) is 0 Å². The van der Waals surface area contributed by atoms with E-state index >= 15 is 0 Å². The monoisotopic (exact) mass is 322 g/mol. The number of halogens is 1. The molecule has 1 saturated carbocycles. The number of hydrogen-bond donors (Lipinski definition) is 1. The molecule has 3 rings (SSSR count). The van der Waals surface area contributed by atoms with Crippen LogP contribution in [0.4, 0.5) is 5.69 Å². The average molecular weight is 323 g/mol. The van der Waals surface area contributed by atoms with E-state index in [0.717, 1.165) is 11.8 Å². The zero-order valence-electron chi connectivity index (χ0n) is 11.8. The van der Waals surface area contributed by atoms with Crippen molar-refractivity contribution in [3.05, 3.63) is 28.2 Å². The standard InChI is InChI=1S/C16H23BrN2/c1-11(18-2)15-7-6-14(8-16(15)17)19-9-12-4-3-5-13(12)10-19/h6-8,11-13,18H,3-5,9-10H2,1-2H3. The van der Waals surface area contributed by atoms with Gasteiger partial charge in [0.2, 0.25) is 0 Å². The Bertz CT molecular complexity index is 448. The summed E-state index contributed by atoms with van der Waals surface area (Å²) in [7, 11) is 2.01. The second-order valence-corrected chi connectivity index (χ2v) is 6.93. The first-order valence-corrected chi connectivity index (χ1v) is 8.20. The van der Waals surface area contributed by atoms with Crippen LogP contribution in [0.3, 0.4) is 0 Å². The summed E-state index contributed by atoms with van der Waals surface area (Å²) in [5.41, 5.74) is 2.72. The van der Waals surface area contributed by atoms with E-state index in [2.05, 4.69) is 51.3 Å². The maximum absolute atomic E-state index is 3.73. The molecule has 1 aliphatic carbocycles. The fourth-order valence-electron chi connectivity index (χ4n) is 3.67.